The maximum atomic E-state index is 12.2. The first kappa shape index (κ1) is 18.4. The number of likely N-dealkylation sites (N-methyl/N-ethyl adjacent to an activating group) is 1. The van der Waals surface area contributed by atoms with Gasteiger partial charge in [-0.3, -0.25) is 4.79 Å². The third kappa shape index (κ3) is 5.13. The van der Waals surface area contributed by atoms with Gasteiger partial charge in [0.1, 0.15) is 0 Å². The fraction of sp³-hybridized carbons (Fsp3) is 0.500. The maximum absolute atomic E-state index is 12.2. The van der Waals surface area contributed by atoms with Gasteiger partial charge < -0.3 is 10.6 Å². The molecule has 1 amide bonds. The van der Waals surface area contributed by atoms with Gasteiger partial charge in [-0.1, -0.05) is 28.1 Å². The summed E-state index contributed by atoms with van der Waals surface area (Å²) in [5.41, 5.74) is 0.494. The molecule has 0 bridgehead atoms. The number of amides is 1. The SMILES string of the molecule is CNC(C)CNC(=O)C(C)(C)c1ccc(Br)cc1.Cl. The Morgan fingerprint density at radius 2 is 1.84 bits per heavy atom. The van der Waals surface area contributed by atoms with E-state index in [9.17, 15) is 4.79 Å². The Hall–Kier alpha value is -0.580. The van der Waals surface area contributed by atoms with Crippen molar-refractivity contribution in [1.82, 2.24) is 10.6 Å². The van der Waals surface area contributed by atoms with Gasteiger partial charge in [-0.15, -0.1) is 12.4 Å². The molecular formula is C14H22BrClN2O. The smallest absolute Gasteiger partial charge is 0.230 e. The number of carbonyl (C=O) groups is 1. The van der Waals surface area contributed by atoms with Gasteiger partial charge in [0.25, 0.3) is 0 Å². The van der Waals surface area contributed by atoms with Crippen LogP contribution in [0, 0.1) is 0 Å². The van der Waals surface area contributed by atoms with E-state index in [2.05, 4.69) is 26.6 Å². The van der Waals surface area contributed by atoms with Crippen molar-refractivity contribution >= 4 is 34.2 Å². The summed E-state index contributed by atoms with van der Waals surface area (Å²) in [5.74, 6) is 0.0481. The average Bonchev–Trinajstić information content (AvgIpc) is 2.35. The number of rotatable bonds is 5. The molecular weight excluding hydrogens is 328 g/mol. The standard InChI is InChI=1S/C14H21BrN2O.ClH/c1-10(16-4)9-17-13(18)14(2,3)11-5-7-12(15)8-6-11;/h5-8,10,16H,9H2,1-4H3,(H,17,18);1H. The van der Waals surface area contributed by atoms with Crippen LogP contribution >= 0.6 is 28.3 Å². The summed E-state index contributed by atoms with van der Waals surface area (Å²) in [6.07, 6.45) is 0. The van der Waals surface area contributed by atoms with Gasteiger partial charge in [-0.25, -0.2) is 0 Å². The van der Waals surface area contributed by atoms with Crippen molar-refractivity contribution in [2.24, 2.45) is 0 Å². The monoisotopic (exact) mass is 348 g/mol. The van der Waals surface area contributed by atoms with Crippen molar-refractivity contribution in [2.75, 3.05) is 13.6 Å². The lowest BCUT2D eigenvalue weighted by Gasteiger charge is -2.25. The Morgan fingerprint density at radius 3 is 2.32 bits per heavy atom. The van der Waals surface area contributed by atoms with Crippen molar-refractivity contribution < 1.29 is 4.79 Å². The summed E-state index contributed by atoms with van der Waals surface area (Å²) >= 11 is 3.40. The summed E-state index contributed by atoms with van der Waals surface area (Å²) < 4.78 is 1.02. The quantitative estimate of drug-likeness (QED) is 0.858. The molecule has 0 heterocycles. The van der Waals surface area contributed by atoms with Crippen LogP contribution in [0.15, 0.2) is 28.7 Å². The van der Waals surface area contributed by atoms with Crippen molar-refractivity contribution in [3.63, 3.8) is 0 Å². The van der Waals surface area contributed by atoms with E-state index in [-0.39, 0.29) is 24.4 Å². The molecule has 3 nitrogen and oxygen atoms in total. The second-order valence-electron chi connectivity index (χ2n) is 5.03. The zero-order valence-electron chi connectivity index (χ0n) is 11.8. The van der Waals surface area contributed by atoms with Crippen molar-refractivity contribution in [3.05, 3.63) is 34.3 Å². The molecule has 0 aromatic heterocycles. The number of hydrogen-bond acceptors (Lipinski definition) is 2. The highest BCUT2D eigenvalue weighted by Gasteiger charge is 2.29. The molecule has 0 fully saturated rings. The van der Waals surface area contributed by atoms with E-state index in [0.29, 0.717) is 6.54 Å². The highest BCUT2D eigenvalue weighted by atomic mass is 79.9. The van der Waals surface area contributed by atoms with E-state index >= 15 is 0 Å². The molecule has 0 aliphatic carbocycles. The highest BCUT2D eigenvalue weighted by Crippen LogP contribution is 2.24. The van der Waals surface area contributed by atoms with Gasteiger partial charge in [-0.2, -0.15) is 0 Å². The molecule has 19 heavy (non-hydrogen) atoms. The molecule has 0 aliphatic heterocycles. The molecule has 1 unspecified atom stereocenters. The molecule has 1 aromatic carbocycles. The molecule has 0 saturated carbocycles. The van der Waals surface area contributed by atoms with E-state index in [1.807, 2.05) is 52.1 Å². The van der Waals surface area contributed by atoms with Gasteiger partial charge >= 0.3 is 0 Å². The minimum Gasteiger partial charge on any atom is -0.354 e. The molecule has 0 spiro atoms. The summed E-state index contributed by atoms with van der Waals surface area (Å²) in [6, 6.07) is 8.15. The number of halogens is 2. The molecule has 0 saturated heterocycles. The molecule has 108 valence electrons. The topological polar surface area (TPSA) is 41.1 Å². The fourth-order valence-corrected chi connectivity index (χ4v) is 1.83. The van der Waals surface area contributed by atoms with Gasteiger partial charge in [0.05, 0.1) is 5.41 Å². The number of hydrogen-bond donors (Lipinski definition) is 2. The minimum atomic E-state index is -0.520. The lowest BCUT2D eigenvalue weighted by atomic mass is 9.84. The van der Waals surface area contributed by atoms with E-state index in [1.54, 1.807) is 0 Å². The first-order chi connectivity index (χ1) is 8.37. The van der Waals surface area contributed by atoms with Crippen molar-refractivity contribution in [2.45, 2.75) is 32.2 Å². The summed E-state index contributed by atoms with van der Waals surface area (Å²) in [7, 11) is 1.89. The van der Waals surface area contributed by atoms with Crippen LogP contribution in [0.1, 0.15) is 26.3 Å². The number of nitrogens with one attached hydrogen (secondary N) is 2. The Kier molecular flexibility index (Phi) is 7.64. The maximum Gasteiger partial charge on any atom is 0.230 e. The van der Waals surface area contributed by atoms with E-state index in [0.717, 1.165) is 10.0 Å². The van der Waals surface area contributed by atoms with Crippen LogP contribution in [0.2, 0.25) is 0 Å². The molecule has 1 atom stereocenters. The first-order valence-electron chi connectivity index (χ1n) is 6.09. The Balaban J connectivity index is 0.00000324. The highest BCUT2D eigenvalue weighted by molar-refractivity contribution is 9.10. The predicted molar refractivity (Wildman–Crippen MR) is 85.9 cm³/mol. The lowest BCUT2D eigenvalue weighted by Crippen LogP contribution is -2.45. The minimum absolute atomic E-state index is 0. The predicted octanol–water partition coefficient (Wildman–Crippen LogP) is 2.87. The van der Waals surface area contributed by atoms with Gasteiger partial charge in [-0.05, 0) is 45.5 Å². The van der Waals surface area contributed by atoms with Crippen LogP contribution < -0.4 is 10.6 Å². The zero-order chi connectivity index (χ0) is 13.8. The first-order valence-corrected chi connectivity index (χ1v) is 6.89. The number of carbonyl (C=O) groups excluding carboxylic acids is 1. The van der Waals surface area contributed by atoms with Crippen LogP contribution in [0.3, 0.4) is 0 Å². The van der Waals surface area contributed by atoms with Crippen LogP contribution in [-0.2, 0) is 10.2 Å². The normalized spacial score (nSPS) is 12.5. The molecule has 5 heteroatoms. The second kappa shape index (κ2) is 7.88. The van der Waals surface area contributed by atoms with Gasteiger partial charge in [0.2, 0.25) is 5.91 Å². The van der Waals surface area contributed by atoms with E-state index in [4.69, 9.17) is 0 Å². The summed E-state index contributed by atoms with van der Waals surface area (Å²) in [4.78, 5) is 12.2. The molecule has 1 rings (SSSR count). The summed E-state index contributed by atoms with van der Waals surface area (Å²) in [5, 5.41) is 6.07. The Bertz CT molecular complexity index is 406. The van der Waals surface area contributed by atoms with Gasteiger partial charge in [0, 0.05) is 17.1 Å². The second-order valence-corrected chi connectivity index (χ2v) is 5.95. The fourth-order valence-electron chi connectivity index (χ4n) is 1.57. The van der Waals surface area contributed by atoms with Crippen LogP contribution in [0.25, 0.3) is 0 Å². The summed E-state index contributed by atoms with van der Waals surface area (Å²) in [6.45, 7) is 6.55. The van der Waals surface area contributed by atoms with Crippen LogP contribution in [-0.4, -0.2) is 25.5 Å². The average molecular weight is 350 g/mol. The Labute approximate surface area is 130 Å². The molecule has 1 aromatic rings. The lowest BCUT2D eigenvalue weighted by molar-refractivity contribution is -0.125. The third-order valence-corrected chi connectivity index (χ3v) is 3.72. The van der Waals surface area contributed by atoms with E-state index in [1.165, 1.54) is 0 Å². The van der Waals surface area contributed by atoms with Crippen LogP contribution in [0.4, 0.5) is 0 Å². The molecule has 0 aliphatic rings. The van der Waals surface area contributed by atoms with Crippen molar-refractivity contribution in [1.29, 1.82) is 0 Å². The largest absolute Gasteiger partial charge is 0.354 e. The Morgan fingerprint density at radius 1 is 1.32 bits per heavy atom. The van der Waals surface area contributed by atoms with Crippen LogP contribution in [0.5, 0.6) is 0 Å². The number of benzene rings is 1. The van der Waals surface area contributed by atoms with Crippen molar-refractivity contribution in [3.8, 4) is 0 Å². The molecule has 2 N–H and O–H groups in total. The van der Waals surface area contributed by atoms with E-state index < -0.39 is 5.41 Å². The third-order valence-electron chi connectivity index (χ3n) is 3.20. The molecule has 0 radical (unpaired) electrons. The zero-order valence-corrected chi connectivity index (χ0v) is 14.2. The van der Waals surface area contributed by atoms with Gasteiger partial charge in [0.15, 0.2) is 0 Å².